The van der Waals surface area contributed by atoms with E-state index in [0.29, 0.717) is 6.54 Å². The molecule has 2 heterocycles. The Morgan fingerprint density at radius 3 is 2.82 bits per heavy atom. The molecule has 0 aliphatic carbocycles. The summed E-state index contributed by atoms with van der Waals surface area (Å²) in [5, 5.41) is 12.3. The van der Waals surface area contributed by atoms with Crippen LogP contribution in [-0.2, 0) is 17.8 Å². The summed E-state index contributed by atoms with van der Waals surface area (Å²) in [6.07, 6.45) is 0. The van der Waals surface area contributed by atoms with Crippen molar-refractivity contribution >= 4 is 22.0 Å². The molecule has 6 heteroatoms. The summed E-state index contributed by atoms with van der Waals surface area (Å²) in [6, 6.07) is 2.22. The zero-order valence-corrected chi connectivity index (χ0v) is 11.9. The van der Waals surface area contributed by atoms with Crippen LogP contribution in [0.2, 0.25) is 0 Å². The molecule has 2 rings (SSSR count). The van der Waals surface area contributed by atoms with Crippen LogP contribution in [0.1, 0.15) is 26.5 Å². The van der Waals surface area contributed by atoms with Crippen molar-refractivity contribution < 1.29 is 4.74 Å². The van der Waals surface area contributed by atoms with Gasteiger partial charge in [0.05, 0.1) is 18.8 Å². The summed E-state index contributed by atoms with van der Waals surface area (Å²) in [5.74, 6) is 0. The fourth-order valence-corrected chi connectivity index (χ4v) is 2.21. The number of amidine groups is 1. The molecule has 0 saturated heterocycles. The van der Waals surface area contributed by atoms with Gasteiger partial charge in [-0.1, -0.05) is 0 Å². The molecule has 0 amide bonds. The van der Waals surface area contributed by atoms with Gasteiger partial charge in [0, 0.05) is 6.54 Å². The van der Waals surface area contributed by atoms with Gasteiger partial charge in [0.1, 0.15) is 10.2 Å². The Morgan fingerprint density at radius 1 is 1.47 bits per heavy atom. The molecule has 1 aromatic rings. The molecule has 0 spiro atoms. The molecule has 0 saturated carbocycles. The molecule has 17 heavy (non-hydrogen) atoms. The first kappa shape index (κ1) is 12.4. The lowest BCUT2D eigenvalue weighted by Crippen LogP contribution is -2.42. The van der Waals surface area contributed by atoms with Crippen molar-refractivity contribution in [3.05, 3.63) is 16.4 Å². The summed E-state index contributed by atoms with van der Waals surface area (Å²) < 4.78 is 8.38. The molecule has 0 radical (unpaired) electrons. The van der Waals surface area contributed by atoms with Gasteiger partial charge >= 0.3 is 0 Å². The number of halogens is 1. The normalized spacial score (nSPS) is 15.6. The average molecular weight is 301 g/mol. The first-order valence-electron chi connectivity index (χ1n) is 5.60. The van der Waals surface area contributed by atoms with Crippen LogP contribution in [0.25, 0.3) is 0 Å². The van der Waals surface area contributed by atoms with Crippen LogP contribution < -0.4 is 0 Å². The quantitative estimate of drug-likeness (QED) is 0.590. The molecule has 0 unspecified atom stereocenters. The van der Waals surface area contributed by atoms with Gasteiger partial charge in [-0.15, -0.1) is 0 Å². The molecule has 1 aromatic heterocycles. The number of fused-ring (bicyclic) bond motifs is 1. The number of ether oxygens (including phenoxy) is 1. The summed E-state index contributed by atoms with van der Waals surface area (Å²) in [7, 11) is 0. The molecular weight excluding hydrogens is 284 g/mol. The van der Waals surface area contributed by atoms with E-state index in [4.69, 9.17) is 10.1 Å². The number of nitrogens with zero attached hydrogens (tertiary/aromatic N) is 3. The Morgan fingerprint density at radius 2 is 2.18 bits per heavy atom. The number of aromatic nitrogens is 2. The highest BCUT2D eigenvalue weighted by Crippen LogP contribution is 2.18. The first-order chi connectivity index (χ1) is 7.85. The Kier molecular flexibility index (Phi) is 3.16. The third kappa shape index (κ3) is 3.00. The monoisotopic (exact) mass is 300 g/mol. The summed E-state index contributed by atoms with van der Waals surface area (Å²) >= 11 is 3.36. The van der Waals surface area contributed by atoms with E-state index in [1.165, 1.54) is 0 Å². The van der Waals surface area contributed by atoms with Crippen molar-refractivity contribution in [3.63, 3.8) is 0 Å². The van der Waals surface area contributed by atoms with Crippen LogP contribution in [0.4, 0.5) is 0 Å². The van der Waals surface area contributed by atoms with Gasteiger partial charge in [-0.2, -0.15) is 5.10 Å². The molecule has 1 aliphatic rings. The van der Waals surface area contributed by atoms with Crippen LogP contribution in [0.3, 0.4) is 0 Å². The lowest BCUT2D eigenvalue weighted by atomic mass is 10.2. The van der Waals surface area contributed by atoms with Crippen LogP contribution in [0, 0.1) is 5.41 Å². The highest BCUT2D eigenvalue weighted by atomic mass is 79.9. The Labute approximate surface area is 109 Å². The van der Waals surface area contributed by atoms with Crippen molar-refractivity contribution in [1.29, 1.82) is 5.41 Å². The molecule has 0 bridgehead atoms. The SMILES string of the molecule is CC(C)(C)OC(=N)N1CCn2nc(Br)cc2C1. The second kappa shape index (κ2) is 4.33. The summed E-state index contributed by atoms with van der Waals surface area (Å²) in [6.45, 7) is 8.07. The predicted octanol–water partition coefficient (Wildman–Crippen LogP) is 2.21. The maximum atomic E-state index is 7.95. The minimum absolute atomic E-state index is 0.237. The van der Waals surface area contributed by atoms with E-state index in [0.717, 1.165) is 23.4 Å². The van der Waals surface area contributed by atoms with Crippen molar-refractivity contribution in [2.45, 2.75) is 39.5 Å². The van der Waals surface area contributed by atoms with Crippen molar-refractivity contribution in [2.75, 3.05) is 6.54 Å². The summed E-state index contributed by atoms with van der Waals surface area (Å²) in [5.41, 5.74) is 0.778. The standard InChI is InChI=1S/C11H17BrN4O/c1-11(2,3)17-10(13)15-4-5-16-8(7-15)6-9(12)14-16/h6,13H,4-5,7H2,1-3H3. The smallest absolute Gasteiger partial charge is 0.285 e. The van der Waals surface area contributed by atoms with Gasteiger partial charge in [-0.3, -0.25) is 10.1 Å². The number of nitrogens with one attached hydrogen (secondary N) is 1. The largest absolute Gasteiger partial charge is 0.460 e. The fourth-order valence-electron chi connectivity index (χ4n) is 1.76. The number of rotatable bonds is 0. The zero-order valence-electron chi connectivity index (χ0n) is 10.3. The lowest BCUT2D eigenvalue weighted by Gasteiger charge is -2.32. The Balaban J connectivity index is 2.05. The van der Waals surface area contributed by atoms with E-state index in [9.17, 15) is 0 Å². The van der Waals surface area contributed by atoms with E-state index < -0.39 is 0 Å². The predicted molar refractivity (Wildman–Crippen MR) is 68.9 cm³/mol. The average Bonchev–Trinajstić information content (AvgIpc) is 2.53. The summed E-state index contributed by atoms with van der Waals surface area (Å²) in [4.78, 5) is 1.93. The highest BCUT2D eigenvalue weighted by Gasteiger charge is 2.23. The number of hydrogen-bond acceptors (Lipinski definition) is 3. The molecule has 1 aliphatic heterocycles. The maximum Gasteiger partial charge on any atom is 0.285 e. The molecule has 0 fully saturated rings. The minimum Gasteiger partial charge on any atom is -0.460 e. The third-order valence-corrected chi connectivity index (χ3v) is 2.85. The van der Waals surface area contributed by atoms with Gasteiger partial charge < -0.3 is 9.64 Å². The van der Waals surface area contributed by atoms with E-state index in [2.05, 4.69) is 21.0 Å². The number of hydrogen-bond donors (Lipinski definition) is 1. The third-order valence-electron chi connectivity index (χ3n) is 2.46. The molecule has 94 valence electrons. The highest BCUT2D eigenvalue weighted by molar-refractivity contribution is 9.10. The molecule has 1 N–H and O–H groups in total. The van der Waals surface area contributed by atoms with Gasteiger partial charge in [-0.25, -0.2) is 0 Å². The van der Waals surface area contributed by atoms with E-state index in [1.54, 1.807) is 0 Å². The van der Waals surface area contributed by atoms with E-state index >= 15 is 0 Å². The first-order valence-corrected chi connectivity index (χ1v) is 6.39. The molecule has 0 atom stereocenters. The molecule has 5 nitrogen and oxygen atoms in total. The van der Waals surface area contributed by atoms with Crippen molar-refractivity contribution in [3.8, 4) is 0 Å². The van der Waals surface area contributed by atoms with Gasteiger partial charge in [-0.05, 0) is 42.8 Å². The minimum atomic E-state index is -0.324. The van der Waals surface area contributed by atoms with Crippen LogP contribution >= 0.6 is 15.9 Å². The second-order valence-corrected chi connectivity index (χ2v) is 5.94. The van der Waals surface area contributed by atoms with Gasteiger partial charge in [0.2, 0.25) is 0 Å². The lowest BCUT2D eigenvalue weighted by molar-refractivity contribution is 0.0788. The van der Waals surface area contributed by atoms with Crippen LogP contribution in [-0.4, -0.2) is 32.8 Å². The second-order valence-electron chi connectivity index (χ2n) is 5.12. The topological polar surface area (TPSA) is 54.1 Å². The van der Waals surface area contributed by atoms with E-state index in [1.807, 2.05) is 36.4 Å². The Bertz CT molecular complexity index is 435. The van der Waals surface area contributed by atoms with E-state index in [-0.39, 0.29) is 11.6 Å². The maximum absolute atomic E-state index is 7.95. The molecular formula is C11H17BrN4O. The Hall–Kier alpha value is -1.04. The van der Waals surface area contributed by atoms with Gasteiger partial charge in [0.15, 0.2) is 0 Å². The van der Waals surface area contributed by atoms with Gasteiger partial charge in [0.25, 0.3) is 6.02 Å². The van der Waals surface area contributed by atoms with Crippen molar-refractivity contribution in [2.24, 2.45) is 0 Å². The van der Waals surface area contributed by atoms with Crippen LogP contribution in [0.5, 0.6) is 0 Å². The molecule has 0 aromatic carbocycles. The van der Waals surface area contributed by atoms with Crippen molar-refractivity contribution in [1.82, 2.24) is 14.7 Å². The fraction of sp³-hybridized carbons (Fsp3) is 0.636. The van der Waals surface area contributed by atoms with Crippen LogP contribution in [0.15, 0.2) is 10.7 Å². The zero-order chi connectivity index (χ0) is 12.6.